The van der Waals surface area contributed by atoms with Crippen LogP contribution in [0.4, 0.5) is 10.1 Å². The van der Waals surface area contributed by atoms with E-state index in [0.29, 0.717) is 22.2 Å². The largest absolute Gasteiger partial charge is 0.328 e. The summed E-state index contributed by atoms with van der Waals surface area (Å²) in [5.74, 6) is -0.107. The van der Waals surface area contributed by atoms with Crippen LogP contribution in [0.15, 0.2) is 52.4 Å². The number of imidazole rings is 1. The quantitative estimate of drug-likeness (QED) is 0.496. The zero-order chi connectivity index (χ0) is 21.4. The minimum atomic E-state index is -0.381. The molecule has 1 N–H and O–H groups in total. The molecule has 0 saturated carbocycles. The molecule has 0 fully saturated rings. The van der Waals surface area contributed by atoms with Gasteiger partial charge in [-0.3, -0.25) is 13.9 Å². The molecule has 2 aromatic carbocycles. The molecule has 0 radical (unpaired) electrons. The van der Waals surface area contributed by atoms with E-state index >= 15 is 0 Å². The topological polar surface area (TPSA) is 86.7 Å². The molecule has 0 bridgehead atoms. The van der Waals surface area contributed by atoms with Gasteiger partial charge in [0.2, 0.25) is 5.91 Å². The molecule has 0 atom stereocenters. The fourth-order valence-electron chi connectivity index (χ4n) is 3.23. The number of aromatic nitrogens is 5. The summed E-state index contributed by atoms with van der Waals surface area (Å²) in [4.78, 5) is 24.4. The highest BCUT2D eigenvalue weighted by atomic mass is 32.2. The van der Waals surface area contributed by atoms with Gasteiger partial charge >= 0.3 is 5.69 Å². The lowest BCUT2D eigenvalue weighted by atomic mass is 10.2. The number of nitrogens with one attached hydrogen (secondary N) is 1. The molecule has 154 valence electrons. The lowest BCUT2D eigenvalue weighted by Gasteiger charge is -2.07. The molecule has 0 spiro atoms. The summed E-state index contributed by atoms with van der Waals surface area (Å²) < 4.78 is 18.8. The number of anilines is 1. The molecule has 30 heavy (non-hydrogen) atoms. The van der Waals surface area contributed by atoms with Crippen molar-refractivity contribution < 1.29 is 9.18 Å². The van der Waals surface area contributed by atoms with Crippen molar-refractivity contribution in [3.63, 3.8) is 0 Å². The SMILES string of the molecule is Cn1c(SCC(=O)Nc2ccc3c(c2)n(C)c(=O)n3C)nnc1-c1ccccc1F. The van der Waals surface area contributed by atoms with Crippen LogP contribution in [0, 0.1) is 5.82 Å². The van der Waals surface area contributed by atoms with Crippen molar-refractivity contribution in [2.45, 2.75) is 5.16 Å². The number of amides is 1. The zero-order valence-electron chi connectivity index (χ0n) is 16.6. The molecule has 2 heterocycles. The third kappa shape index (κ3) is 3.50. The number of thioether (sulfide) groups is 1. The third-order valence-electron chi connectivity index (χ3n) is 4.84. The summed E-state index contributed by atoms with van der Waals surface area (Å²) >= 11 is 1.20. The maximum absolute atomic E-state index is 14.0. The minimum Gasteiger partial charge on any atom is -0.325 e. The summed E-state index contributed by atoms with van der Waals surface area (Å²) in [6.45, 7) is 0. The van der Waals surface area contributed by atoms with Gasteiger partial charge in [0.1, 0.15) is 5.82 Å². The lowest BCUT2D eigenvalue weighted by Crippen LogP contribution is -2.19. The second-order valence-electron chi connectivity index (χ2n) is 6.79. The van der Waals surface area contributed by atoms with E-state index in [4.69, 9.17) is 0 Å². The highest BCUT2D eigenvalue weighted by Crippen LogP contribution is 2.25. The van der Waals surface area contributed by atoms with Crippen molar-refractivity contribution in [1.29, 1.82) is 0 Å². The zero-order valence-corrected chi connectivity index (χ0v) is 17.4. The summed E-state index contributed by atoms with van der Waals surface area (Å²) in [5.41, 5.74) is 2.34. The molecule has 1 amide bonds. The van der Waals surface area contributed by atoms with Gasteiger partial charge < -0.3 is 9.88 Å². The maximum atomic E-state index is 14.0. The molecule has 4 aromatic rings. The van der Waals surface area contributed by atoms with E-state index in [1.165, 1.54) is 22.4 Å². The van der Waals surface area contributed by atoms with Crippen LogP contribution in [-0.2, 0) is 25.9 Å². The number of hydrogen-bond donors (Lipinski definition) is 1. The first-order valence-electron chi connectivity index (χ1n) is 9.09. The maximum Gasteiger partial charge on any atom is 0.328 e. The van der Waals surface area contributed by atoms with E-state index in [0.717, 1.165) is 11.0 Å². The second-order valence-corrected chi connectivity index (χ2v) is 7.73. The minimum absolute atomic E-state index is 0.106. The Morgan fingerprint density at radius 3 is 2.53 bits per heavy atom. The predicted molar refractivity (Wildman–Crippen MR) is 114 cm³/mol. The molecule has 0 aliphatic carbocycles. The summed E-state index contributed by atoms with van der Waals surface area (Å²) in [5, 5.41) is 11.4. The first kappa shape index (κ1) is 19.9. The Hall–Kier alpha value is -3.40. The van der Waals surface area contributed by atoms with E-state index in [2.05, 4.69) is 15.5 Å². The van der Waals surface area contributed by atoms with Crippen LogP contribution < -0.4 is 11.0 Å². The molecular weight excluding hydrogens is 407 g/mol. The summed E-state index contributed by atoms with van der Waals surface area (Å²) in [6.07, 6.45) is 0. The highest BCUT2D eigenvalue weighted by molar-refractivity contribution is 7.99. The predicted octanol–water partition coefficient (Wildman–Crippen LogP) is 2.54. The van der Waals surface area contributed by atoms with Crippen molar-refractivity contribution in [1.82, 2.24) is 23.9 Å². The molecule has 8 nitrogen and oxygen atoms in total. The van der Waals surface area contributed by atoms with Gasteiger partial charge in [0, 0.05) is 26.8 Å². The van der Waals surface area contributed by atoms with Gasteiger partial charge in [0.25, 0.3) is 0 Å². The van der Waals surface area contributed by atoms with Crippen molar-refractivity contribution in [3.8, 4) is 11.4 Å². The molecule has 2 aromatic heterocycles. The van der Waals surface area contributed by atoms with Crippen molar-refractivity contribution >= 4 is 34.4 Å². The molecule has 0 aliphatic rings. The molecule has 0 saturated heterocycles. The third-order valence-corrected chi connectivity index (χ3v) is 5.86. The Bertz CT molecular complexity index is 1320. The van der Waals surface area contributed by atoms with Gasteiger partial charge in [0.05, 0.1) is 22.3 Å². The Labute approximate surface area is 175 Å². The van der Waals surface area contributed by atoms with Gasteiger partial charge in [-0.05, 0) is 30.3 Å². The van der Waals surface area contributed by atoms with Crippen molar-refractivity contribution in [2.24, 2.45) is 21.1 Å². The Morgan fingerprint density at radius 2 is 1.77 bits per heavy atom. The van der Waals surface area contributed by atoms with Gasteiger partial charge in [-0.15, -0.1) is 10.2 Å². The first-order chi connectivity index (χ1) is 14.4. The molecule has 10 heteroatoms. The number of halogens is 1. The van der Waals surface area contributed by atoms with Gasteiger partial charge in [-0.25, -0.2) is 9.18 Å². The lowest BCUT2D eigenvalue weighted by molar-refractivity contribution is -0.113. The Balaban J connectivity index is 1.46. The average Bonchev–Trinajstić information content (AvgIpc) is 3.20. The number of hydrogen-bond acceptors (Lipinski definition) is 5. The molecule has 4 rings (SSSR count). The van der Waals surface area contributed by atoms with Crippen LogP contribution in [0.1, 0.15) is 0 Å². The van der Waals surface area contributed by atoms with Gasteiger partial charge in [-0.1, -0.05) is 23.9 Å². The normalized spacial score (nSPS) is 11.2. The van der Waals surface area contributed by atoms with E-state index in [1.54, 1.807) is 66.7 Å². The number of nitrogens with zero attached hydrogens (tertiary/aromatic N) is 5. The van der Waals surface area contributed by atoms with E-state index < -0.39 is 0 Å². The standard InChI is InChI=1S/C20H19FN6O2S/c1-25-15-9-8-12(10-16(15)26(2)20(25)29)22-17(28)11-30-19-24-23-18(27(19)3)13-6-4-5-7-14(13)21/h4-10H,11H2,1-3H3,(H,22,28). The number of carbonyl (C=O) groups is 1. The van der Waals surface area contributed by atoms with Crippen LogP contribution in [0.2, 0.25) is 0 Å². The number of aryl methyl sites for hydroxylation is 2. The second kappa shape index (κ2) is 7.79. The van der Waals surface area contributed by atoms with E-state index in [1.807, 2.05) is 0 Å². The van der Waals surface area contributed by atoms with E-state index in [9.17, 15) is 14.0 Å². The Kier molecular flexibility index (Phi) is 5.17. The number of fused-ring (bicyclic) bond motifs is 1. The van der Waals surface area contributed by atoms with Crippen LogP contribution >= 0.6 is 11.8 Å². The van der Waals surface area contributed by atoms with Crippen LogP contribution in [0.25, 0.3) is 22.4 Å². The smallest absolute Gasteiger partial charge is 0.325 e. The van der Waals surface area contributed by atoms with E-state index in [-0.39, 0.29) is 23.2 Å². The molecule has 0 aliphatic heterocycles. The number of rotatable bonds is 5. The fraction of sp³-hybridized carbons (Fsp3) is 0.200. The number of benzene rings is 2. The average molecular weight is 426 g/mol. The number of carbonyl (C=O) groups excluding carboxylic acids is 1. The van der Waals surface area contributed by atoms with Crippen molar-refractivity contribution in [3.05, 3.63) is 58.8 Å². The fourth-order valence-corrected chi connectivity index (χ4v) is 3.94. The molecular formula is C20H19FN6O2S. The summed E-state index contributed by atoms with van der Waals surface area (Å²) in [7, 11) is 5.12. The van der Waals surface area contributed by atoms with Crippen LogP contribution in [0.3, 0.4) is 0 Å². The first-order valence-corrected chi connectivity index (χ1v) is 10.1. The van der Waals surface area contributed by atoms with Crippen LogP contribution in [-0.4, -0.2) is 35.6 Å². The molecule has 0 unspecified atom stereocenters. The van der Waals surface area contributed by atoms with Crippen molar-refractivity contribution in [2.75, 3.05) is 11.1 Å². The van der Waals surface area contributed by atoms with Gasteiger partial charge in [-0.2, -0.15) is 0 Å². The van der Waals surface area contributed by atoms with Crippen LogP contribution in [0.5, 0.6) is 0 Å². The monoisotopic (exact) mass is 426 g/mol. The summed E-state index contributed by atoms with van der Waals surface area (Å²) in [6, 6.07) is 11.6. The van der Waals surface area contributed by atoms with Gasteiger partial charge in [0.15, 0.2) is 11.0 Å². The Morgan fingerprint density at radius 1 is 1.03 bits per heavy atom. The highest BCUT2D eigenvalue weighted by Gasteiger charge is 2.16.